The van der Waals surface area contributed by atoms with Crippen molar-refractivity contribution >= 4 is 40.0 Å². The van der Waals surface area contributed by atoms with Gasteiger partial charge in [-0.1, -0.05) is 41.6 Å². The lowest BCUT2D eigenvalue weighted by molar-refractivity contribution is -0.0707. The molecule has 0 radical (unpaired) electrons. The highest BCUT2D eigenvalue weighted by molar-refractivity contribution is 8.00. The van der Waals surface area contributed by atoms with Crippen LogP contribution < -0.4 is 5.69 Å². The number of rotatable bonds is 5. The van der Waals surface area contributed by atoms with Gasteiger partial charge in [0.25, 0.3) is 0 Å². The fourth-order valence-electron chi connectivity index (χ4n) is 3.87. The normalized spacial score (nSPS) is 18.4. The monoisotopic (exact) mass is 442 g/mol. The lowest BCUT2D eigenvalue weighted by Crippen LogP contribution is -2.39. The molecule has 3 aromatic rings. The Morgan fingerprint density at radius 3 is 2.70 bits per heavy atom. The first kappa shape index (κ1) is 21.1. The van der Waals surface area contributed by atoms with Gasteiger partial charge in [-0.05, 0) is 57.0 Å². The minimum atomic E-state index is -0.310. The van der Waals surface area contributed by atoms with Crippen molar-refractivity contribution in [1.29, 1.82) is 0 Å². The Balaban J connectivity index is 1.72. The van der Waals surface area contributed by atoms with Gasteiger partial charge in [0.1, 0.15) is 0 Å². The molecule has 4 rings (SSSR count). The fraction of sp³-hybridized carbons (Fsp3) is 0.348. The average molecular weight is 443 g/mol. The first-order valence-corrected chi connectivity index (χ1v) is 11.3. The summed E-state index contributed by atoms with van der Waals surface area (Å²) in [6.07, 6.45) is 1.45. The molecule has 1 aromatic heterocycles. The second-order valence-corrected chi connectivity index (χ2v) is 9.46. The van der Waals surface area contributed by atoms with Crippen molar-refractivity contribution in [3.05, 3.63) is 69.6 Å². The summed E-state index contributed by atoms with van der Waals surface area (Å²) in [7, 11) is 0. The summed E-state index contributed by atoms with van der Waals surface area (Å²) in [5.41, 5.74) is 0.658. The third-order valence-electron chi connectivity index (χ3n) is 5.32. The zero-order chi connectivity index (χ0) is 21.3. The summed E-state index contributed by atoms with van der Waals surface area (Å²) in [5, 5.41) is 2.27. The van der Waals surface area contributed by atoms with Gasteiger partial charge in [-0.25, -0.2) is 4.79 Å². The number of nitrogens with zero attached hydrogens (tertiary/aromatic N) is 2. The first-order valence-electron chi connectivity index (χ1n) is 9.91. The molecule has 0 aliphatic carbocycles. The SMILES string of the molecule is CC1(C)CC(n2c(SCC(=O)c3ccc(Cl)cc3)c3ccccc3nc2=O)CCO1. The largest absolute Gasteiger partial charge is 0.375 e. The van der Waals surface area contributed by atoms with Gasteiger partial charge in [-0.3, -0.25) is 9.36 Å². The number of hydrogen-bond acceptors (Lipinski definition) is 5. The van der Waals surface area contributed by atoms with Crippen LogP contribution in [0, 0.1) is 0 Å². The molecule has 30 heavy (non-hydrogen) atoms. The second kappa shape index (κ2) is 8.53. The molecule has 0 spiro atoms. The van der Waals surface area contributed by atoms with Gasteiger partial charge in [0.15, 0.2) is 5.78 Å². The second-order valence-electron chi connectivity index (χ2n) is 8.06. The Bertz CT molecular complexity index is 1140. The van der Waals surface area contributed by atoms with Crippen LogP contribution in [0.5, 0.6) is 0 Å². The van der Waals surface area contributed by atoms with E-state index in [0.29, 0.717) is 29.1 Å². The molecule has 1 aliphatic rings. The summed E-state index contributed by atoms with van der Waals surface area (Å²) in [6, 6.07) is 14.4. The number of benzene rings is 2. The van der Waals surface area contributed by atoms with Gasteiger partial charge >= 0.3 is 5.69 Å². The van der Waals surface area contributed by atoms with E-state index >= 15 is 0 Å². The van der Waals surface area contributed by atoms with Crippen LogP contribution in [0.15, 0.2) is 58.4 Å². The number of thioether (sulfide) groups is 1. The number of carbonyl (C=O) groups excluding carboxylic acids is 1. The highest BCUT2D eigenvalue weighted by Crippen LogP contribution is 2.36. The van der Waals surface area contributed by atoms with Crippen LogP contribution >= 0.6 is 23.4 Å². The molecule has 0 N–H and O–H groups in total. The molecule has 1 unspecified atom stereocenters. The highest BCUT2D eigenvalue weighted by atomic mass is 35.5. The number of ketones is 1. The highest BCUT2D eigenvalue weighted by Gasteiger charge is 2.32. The topological polar surface area (TPSA) is 61.2 Å². The fourth-order valence-corrected chi connectivity index (χ4v) is 5.12. The molecule has 0 amide bonds. The number of ether oxygens (including phenoxy) is 1. The Labute approximate surface area is 184 Å². The van der Waals surface area contributed by atoms with Crippen LogP contribution in [0.25, 0.3) is 10.9 Å². The first-order chi connectivity index (χ1) is 14.3. The van der Waals surface area contributed by atoms with Crippen LogP contribution in [0.4, 0.5) is 0 Å². The van der Waals surface area contributed by atoms with Gasteiger partial charge in [-0.2, -0.15) is 4.98 Å². The minimum Gasteiger partial charge on any atom is -0.375 e. The van der Waals surface area contributed by atoms with E-state index in [9.17, 15) is 9.59 Å². The van der Waals surface area contributed by atoms with Crippen LogP contribution in [-0.2, 0) is 4.74 Å². The molecule has 5 nitrogen and oxygen atoms in total. The third kappa shape index (κ3) is 4.46. The van der Waals surface area contributed by atoms with Gasteiger partial charge < -0.3 is 4.74 Å². The van der Waals surface area contributed by atoms with Gasteiger partial charge in [0.2, 0.25) is 0 Å². The smallest absolute Gasteiger partial charge is 0.349 e. The van der Waals surface area contributed by atoms with E-state index < -0.39 is 0 Å². The molecule has 1 atom stereocenters. The van der Waals surface area contributed by atoms with Crippen molar-refractivity contribution in [2.24, 2.45) is 0 Å². The van der Waals surface area contributed by atoms with Crippen LogP contribution in [0.2, 0.25) is 5.02 Å². The van der Waals surface area contributed by atoms with Crippen molar-refractivity contribution < 1.29 is 9.53 Å². The lowest BCUT2D eigenvalue weighted by atomic mass is 9.94. The Morgan fingerprint density at radius 1 is 1.23 bits per heavy atom. The zero-order valence-electron chi connectivity index (χ0n) is 16.9. The van der Waals surface area contributed by atoms with Crippen molar-refractivity contribution in [1.82, 2.24) is 9.55 Å². The summed E-state index contributed by atoms with van der Waals surface area (Å²) in [4.78, 5) is 30.1. The Morgan fingerprint density at radius 2 is 1.97 bits per heavy atom. The Hall–Kier alpha value is -2.15. The molecule has 2 heterocycles. The molecule has 2 aromatic carbocycles. The Kier molecular flexibility index (Phi) is 6.00. The van der Waals surface area contributed by atoms with E-state index in [4.69, 9.17) is 16.3 Å². The van der Waals surface area contributed by atoms with Crippen molar-refractivity contribution in [3.63, 3.8) is 0 Å². The molecule has 7 heteroatoms. The van der Waals surface area contributed by atoms with Crippen molar-refractivity contribution in [2.75, 3.05) is 12.4 Å². The van der Waals surface area contributed by atoms with Gasteiger partial charge in [-0.15, -0.1) is 0 Å². The summed E-state index contributed by atoms with van der Waals surface area (Å²) >= 11 is 7.32. The van der Waals surface area contributed by atoms with E-state index in [-0.39, 0.29) is 28.9 Å². The number of Topliss-reactive ketones (excluding diaryl/α,β-unsaturated/α-hetero) is 1. The van der Waals surface area contributed by atoms with Crippen molar-refractivity contribution in [2.45, 2.75) is 43.4 Å². The zero-order valence-corrected chi connectivity index (χ0v) is 18.5. The standard InChI is InChI=1S/C23H23ClN2O3S/c1-23(2)13-17(11-12-29-23)26-21(18-5-3-4-6-19(18)25-22(26)28)30-14-20(27)15-7-9-16(24)10-8-15/h3-10,17H,11-14H2,1-2H3. The number of aromatic nitrogens is 2. The number of carbonyl (C=O) groups is 1. The lowest BCUT2D eigenvalue weighted by Gasteiger charge is -2.37. The minimum absolute atomic E-state index is 0.0103. The van der Waals surface area contributed by atoms with Crippen molar-refractivity contribution in [3.8, 4) is 0 Å². The maximum absolute atomic E-state index is 13.0. The third-order valence-corrected chi connectivity index (χ3v) is 6.67. The van der Waals surface area contributed by atoms with Gasteiger partial charge in [0, 0.05) is 28.6 Å². The molecular weight excluding hydrogens is 420 g/mol. The molecule has 156 valence electrons. The number of para-hydroxylation sites is 1. The number of fused-ring (bicyclic) bond motifs is 1. The molecule has 1 fully saturated rings. The van der Waals surface area contributed by atoms with Crippen LogP contribution in [0.1, 0.15) is 43.1 Å². The van der Waals surface area contributed by atoms with Crippen LogP contribution in [-0.4, -0.2) is 33.3 Å². The molecule has 1 aliphatic heterocycles. The van der Waals surface area contributed by atoms with E-state index in [0.717, 1.165) is 16.8 Å². The maximum Gasteiger partial charge on any atom is 0.349 e. The predicted octanol–water partition coefficient (Wildman–Crippen LogP) is 5.16. The van der Waals surface area contributed by atoms with E-state index in [1.807, 2.05) is 38.1 Å². The summed E-state index contributed by atoms with van der Waals surface area (Å²) in [6.45, 7) is 4.66. The summed E-state index contributed by atoms with van der Waals surface area (Å²) < 4.78 is 7.61. The molecule has 0 saturated carbocycles. The van der Waals surface area contributed by atoms with E-state index in [2.05, 4.69) is 4.98 Å². The van der Waals surface area contributed by atoms with Gasteiger partial charge in [0.05, 0.1) is 21.9 Å². The number of hydrogen-bond donors (Lipinski definition) is 0. The average Bonchev–Trinajstić information content (AvgIpc) is 2.71. The van der Waals surface area contributed by atoms with Crippen LogP contribution in [0.3, 0.4) is 0 Å². The van der Waals surface area contributed by atoms with E-state index in [1.54, 1.807) is 28.8 Å². The maximum atomic E-state index is 13.0. The number of halogens is 1. The summed E-state index contributed by atoms with van der Waals surface area (Å²) in [5.74, 6) is 0.214. The quantitative estimate of drug-likeness (QED) is 0.310. The molecular formula is C23H23ClN2O3S. The molecule has 1 saturated heterocycles. The molecule has 0 bridgehead atoms. The predicted molar refractivity (Wildman–Crippen MR) is 121 cm³/mol. The van der Waals surface area contributed by atoms with E-state index in [1.165, 1.54) is 11.8 Å².